The monoisotopic (exact) mass is 184 g/mol. The quantitative estimate of drug-likeness (QED) is 0.753. The van der Waals surface area contributed by atoms with Gasteiger partial charge in [0.15, 0.2) is 0 Å². The van der Waals surface area contributed by atoms with Crippen molar-refractivity contribution < 1.29 is 14.3 Å². The van der Waals surface area contributed by atoms with Crippen molar-refractivity contribution in [3.8, 4) is 0 Å². The highest BCUT2D eigenvalue weighted by atomic mass is 16.5. The number of aliphatic hydroxyl groups is 1. The van der Waals surface area contributed by atoms with Crippen LogP contribution in [0.5, 0.6) is 0 Å². The lowest BCUT2D eigenvalue weighted by molar-refractivity contribution is 0.0544. The van der Waals surface area contributed by atoms with Gasteiger partial charge in [-0.3, -0.25) is 0 Å². The molecule has 0 aromatic carbocycles. The lowest BCUT2D eigenvalue weighted by Crippen LogP contribution is -2.23. The fraction of sp³-hybridized carbons (Fsp3) is 0.600. The molecule has 0 spiro atoms. The average molecular weight is 184 g/mol. The van der Waals surface area contributed by atoms with E-state index in [2.05, 4.69) is 0 Å². The van der Waals surface area contributed by atoms with Gasteiger partial charge in [-0.1, -0.05) is 6.92 Å². The van der Waals surface area contributed by atoms with E-state index in [0.29, 0.717) is 13.0 Å². The summed E-state index contributed by atoms with van der Waals surface area (Å²) in [6.07, 6.45) is 1.77. The van der Waals surface area contributed by atoms with Crippen LogP contribution in [0.25, 0.3) is 0 Å². The summed E-state index contributed by atoms with van der Waals surface area (Å²) in [5, 5.41) is 9.68. The van der Waals surface area contributed by atoms with Crippen LogP contribution < -0.4 is 0 Å². The Balaban J connectivity index is 2.36. The van der Waals surface area contributed by atoms with E-state index in [0.717, 1.165) is 5.76 Å². The first kappa shape index (κ1) is 10.3. The molecule has 0 saturated heterocycles. The van der Waals surface area contributed by atoms with Crippen LogP contribution in [-0.2, 0) is 11.2 Å². The SMILES string of the molecule is COCC(C)C(O)Cc1ccco1. The topological polar surface area (TPSA) is 42.6 Å². The first-order valence-corrected chi connectivity index (χ1v) is 4.43. The first-order chi connectivity index (χ1) is 6.24. The summed E-state index contributed by atoms with van der Waals surface area (Å²) in [4.78, 5) is 0. The Hall–Kier alpha value is -0.800. The standard InChI is InChI=1S/C10H16O3/c1-8(7-12-2)10(11)6-9-4-3-5-13-9/h3-5,8,10-11H,6-7H2,1-2H3. The molecule has 2 atom stereocenters. The van der Waals surface area contributed by atoms with Crippen molar-refractivity contribution in [1.82, 2.24) is 0 Å². The summed E-state index contributed by atoms with van der Waals surface area (Å²) in [6.45, 7) is 2.53. The largest absolute Gasteiger partial charge is 0.469 e. The lowest BCUT2D eigenvalue weighted by Gasteiger charge is -2.16. The molecule has 3 nitrogen and oxygen atoms in total. The molecule has 0 amide bonds. The molecular weight excluding hydrogens is 168 g/mol. The lowest BCUT2D eigenvalue weighted by atomic mass is 10.0. The van der Waals surface area contributed by atoms with E-state index < -0.39 is 6.10 Å². The number of aliphatic hydroxyl groups excluding tert-OH is 1. The van der Waals surface area contributed by atoms with Crippen molar-refractivity contribution in [2.75, 3.05) is 13.7 Å². The second kappa shape index (κ2) is 5.04. The Morgan fingerprint density at radius 2 is 2.38 bits per heavy atom. The molecule has 0 aliphatic carbocycles. The fourth-order valence-corrected chi connectivity index (χ4v) is 1.21. The zero-order valence-corrected chi connectivity index (χ0v) is 8.06. The van der Waals surface area contributed by atoms with Crippen molar-refractivity contribution in [1.29, 1.82) is 0 Å². The number of ether oxygens (including phenoxy) is 1. The summed E-state index contributed by atoms with van der Waals surface area (Å²) in [5.74, 6) is 0.950. The molecule has 0 aliphatic rings. The van der Waals surface area contributed by atoms with E-state index in [1.807, 2.05) is 19.1 Å². The maximum Gasteiger partial charge on any atom is 0.106 e. The van der Waals surface area contributed by atoms with E-state index in [1.165, 1.54) is 0 Å². The summed E-state index contributed by atoms with van der Waals surface area (Å²) in [6, 6.07) is 3.69. The van der Waals surface area contributed by atoms with Crippen LogP contribution in [0, 0.1) is 5.92 Å². The Morgan fingerprint density at radius 1 is 1.62 bits per heavy atom. The van der Waals surface area contributed by atoms with Crippen molar-refractivity contribution in [3.63, 3.8) is 0 Å². The molecule has 0 bridgehead atoms. The summed E-state index contributed by atoms with van der Waals surface area (Å²) >= 11 is 0. The molecule has 0 aliphatic heterocycles. The molecule has 13 heavy (non-hydrogen) atoms. The minimum Gasteiger partial charge on any atom is -0.469 e. The third-order valence-corrected chi connectivity index (χ3v) is 2.08. The molecule has 2 unspecified atom stereocenters. The fourth-order valence-electron chi connectivity index (χ4n) is 1.21. The minimum atomic E-state index is -0.397. The van der Waals surface area contributed by atoms with Crippen molar-refractivity contribution in [2.24, 2.45) is 5.92 Å². The van der Waals surface area contributed by atoms with Crippen LogP contribution in [0.2, 0.25) is 0 Å². The highest BCUT2D eigenvalue weighted by molar-refractivity contribution is 4.99. The van der Waals surface area contributed by atoms with Gasteiger partial charge in [0.25, 0.3) is 0 Å². The number of methoxy groups -OCH3 is 1. The summed E-state index contributed by atoms with van der Waals surface area (Å²) in [7, 11) is 1.64. The van der Waals surface area contributed by atoms with Gasteiger partial charge in [-0.25, -0.2) is 0 Å². The van der Waals surface area contributed by atoms with Crippen LogP contribution in [0.15, 0.2) is 22.8 Å². The highest BCUT2D eigenvalue weighted by Gasteiger charge is 2.15. The number of hydrogen-bond acceptors (Lipinski definition) is 3. The van der Waals surface area contributed by atoms with E-state index in [1.54, 1.807) is 13.4 Å². The molecule has 1 aromatic rings. The normalized spacial score (nSPS) is 15.6. The predicted octanol–water partition coefficient (Wildman–Crippen LogP) is 1.47. The van der Waals surface area contributed by atoms with Crippen LogP contribution >= 0.6 is 0 Å². The van der Waals surface area contributed by atoms with Gasteiger partial charge in [-0.05, 0) is 12.1 Å². The van der Waals surface area contributed by atoms with E-state index in [9.17, 15) is 5.11 Å². The Kier molecular flexibility index (Phi) is 3.99. The predicted molar refractivity (Wildman–Crippen MR) is 49.5 cm³/mol. The second-order valence-corrected chi connectivity index (χ2v) is 3.28. The van der Waals surface area contributed by atoms with Crippen molar-refractivity contribution >= 4 is 0 Å². The van der Waals surface area contributed by atoms with Crippen LogP contribution in [0.3, 0.4) is 0 Å². The van der Waals surface area contributed by atoms with E-state index in [-0.39, 0.29) is 5.92 Å². The molecular formula is C10H16O3. The maximum atomic E-state index is 9.68. The second-order valence-electron chi connectivity index (χ2n) is 3.28. The van der Waals surface area contributed by atoms with Gasteiger partial charge in [0.2, 0.25) is 0 Å². The van der Waals surface area contributed by atoms with Gasteiger partial charge in [0, 0.05) is 19.4 Å². The third-order valence-electron chi connectivity index (χ3n) is 2.08. The van der Waals surface area contributed by atoms with Gasteiger partial charge in [-0.15, -0.1) is 0 Å². The van der Waals surface area contributed by atoms with E-state index in [4.69, 9.17) is 9.15 Å². The van der Waals surface area contributed by atoms with E-state index >= 15 is 0 Å². The molecule has 1 heterocycles. The third kappa shape index (κ3) is 3.20. The molecule has 0 radical (unpaired) electrons. The van der Waals surface area contributed by atoms with Gasteiger partial charge in [0.1, 0.15) is 5.76 Å². The molecule has 3 heteroatoms. The zero-order chi connectivity index (χ0) is 9.68. The summed E-state index contributed by atoms with van der Waals surface area (Å²) < 4.78 is 10.1. The molecule has 0 fully saturated rings. The average Bonchev–Trinajstić information content (AvgIpc) is 2.57. The Morgan fingerprint density at radius 3 is 2.92 bits per heavy atom. The highest BCUT2D eigenvalue weighted by Crippen LogP contribution is 2.11. The molecule has 0 saturated carbocycles. The smallest absolute Gasteiger partial charge is 0.106 e. The van der Waals surface area contributed by atoms with Gasteiger partial charge >= 0.3 is 0 Å². The van der Waals surface area contributed by atoms with Crippen molar-refractivity contribution in [2.45, 2.75) is 19.4 Å². The Labute approximate surface area is 78.3 Å². The van der Waals surface area contributed by atoms with Gasteiger partial charge < -0.3 is 14.3 Å². The minimum absolute atomic E-state index is 0.134. The first-order valence-electron chi connectivity index (χ1n) is 4.43. The number of furan rings is 1. The molecule has 74 valence electrons. The molecule has 1 rings (SSSR count). The van der Waals surface area contributed by atoms with Crippen LogP contribution in [0.1, 0.15) is 12.7 Å². The molecule has 1 N–H and O–H groups in total. The zero-order valence-electron chi connectivity index (χ0n) is 8.06. The number of hydrogen-bond donors (Lipinski definition) is 1. The van der Waals surface area contributed by atoms with Gasteiger partial charge in [0.05, 0.1) is 19.0 Å². The summed E-state index contributed by atoms with van der Waals surface area (Å²) in [5.41, 5.74) is 0. The Bertz CT molecular complexity index is 218. The van der Waals surface area contributed by atoms with Gasteiger partial charge in [-0.2, -0.15) is 0 Å². The van der Waals surface area contributed by atoms with Crippen LogP contribution in [-0.4, -0.2) is 24.9 Å². The molecule has 1 aromatic heterocycles. The maximum absolute atomic E-state index is 9.68. The number of rotatable bonds is 5. The van der Waals surface area contributed by atoms with Crippen LogP contribution in [0.4, 0.5) is 0 Å². The van der Waals surface area contributed by atoms with Crippen molar-refractivity contribution in [3.05, 3.63) is 24.2 Å².